The van der Waals surface area contributed by atoms with E-state index in [1.54, 1.807) is 14.2 Å². The molecule has 1 rings (SSSR count). The third kappa shape index (κ3) is 4.00. The lowest BCUT2D eigenvalue weighted by Crippen LogP contribution is -2.21. The Bertz CT molecular complexity index is 257. The fraction of sp³-hybridized carbons (Fsp3) is 0.500. The summed E-state index contributed by atoms with van der Waals surface area (Å²) in [5, 5.41) is 0. The summed E-state index contributed by atoms with van der Waals surface area (Å²) in [6, 6.07) is 10.1. The van der Waals surface area contributed by atoms with Gasteiger partial charge in [0, 0.05) is 14.2 Å². The summed E-state index contributed by atoms with van der Waals surface area (Å²) in [6.45, 7) is 2.45. The van der Waals surface area contributed by atoms with Gasteiger partial charge in [-0.15, -0.1) is 0 Å². The minimum atomic E-state index is -0.295. The van der Waals surface area contributed by atoms with Crippen molar-refractivity contribution in [3.05, 3.63) is 35.9 Å². The Morgan fingerprint density at radius 2 is 1.67 bits per heavy atom. The fourth-order valence-electron chi connectivity index (χ4n) is 1.28. The number of methoxy groups -OCH3 is 2. The van der Waals surface area contributed by atoms with Crippen LogP contribution in [-0.4, -0.2) is 27.1 Å². The lowest BCUT2D eigenvalue weighted by Gasteiger charge is -2.18. The van der Waals surface area contributed by atoms with Crippen LogP contribution in [0.3, 0.4) is 0 Å². The van der Waals surface area contributed by atoms with Crippen molar-refractivity contribution < 1.29 is 14.2 Å². The maximum absolute atomic E-state index is 5.62. The van der Waals surface area contributed by atoms with Gasteiger partial charge in [0.05, 0.1) is 12.7 Å². The molecule has 0 saturated heterocycles. The van der Waals surface area contributed by atoms with E-state index in [9.17, 15) is 0 Å². The normalized spacial score (nSPS) is 13.1. The summed E-state index contributed by atoms with van der Waals surface area (Å²) in [5.74, 6) is 0. The van der Waals surface area contributed by atoms with Crippen molar-refractivity contribution in [2.75, 3.05) is 20.8 Å². The van der Waals surface area contributed by atoms with E-state index < -0.39 is 0 Å². The second-order valence-electron chi connectivity index (χ2n) is 3.29. The molecule has 0 spiro atoms. The van der Waals surface area contributed by atoms with E-state index in [-0.39, 0.29) is 12.4 Å². The molecule has 1 unspecified atom stereocenters. The van der Waals surface area contributed by atoms with Gasteiger partial charge in [-0.25, -0.2) is 0 Å². The van der Waals surface area contributed by atoms with Crippen LogP contribution in [0.2, 0.25) is 0 Å². The molecule has 0 fully saturated rings. The minimum absolute atomic E-state index is 0.0546. The molecule has 0 radical (unpaired) electrons. The summed E-state index contributed by atoms with van der Waals surface area (Å²) < 4.78 is 15.7. The monoisotopic (exact) mass is 210 g/mol. The molecule has 0 aliphatic heterocycles. The summed E-state index contributed by atoms with van der Waals surface area (Å²) in [5.41, 5.74) is 1.16. The maximum atomic E-state index is 5.62. The van der Waals surface area contributed by atoms with E-state index in [1.165, 1.54) is 0 Å². The standard InChI is InChI=1S/C12H18O3/c1-10(11-7-5-4-6-8-11)15-9-12(13-2)14-3/h4-8,10,12H,9H2,1-3H3. The molecular weight excluding hydrogens is 192 g/mol. The van der Waals surface area contributed by atoms with Gasteiger partial charge in [-0.2, -0.15) is 0 Å². The Kier molecular flexibility index (Phi) is 5.32. The van der Waals surface area contributed by atoms with Gasteiger partial charge in [0.25, 0.3) is 0 Å². The van der Waals surface area contributed by atoms with Crippen molar-refractivity contribution in [1.29, 1.82) is 0 Å². The zero-order chi connectivity index (χ0) is 11.1. The maximum Gasteiger partial charge on any atom is 0.180 e. The van der Waals surface area contributed by atoms with E-state index in [0.29, 0.717) is 6.61 Å². The summed E-state index contributed by atoms with van der Waals surface area (Å²) in [6.07, 6.45) is -0.241. The molecule has 0 amide bonds. The highest BCUT2D eigenvalue weighted by Gasteiger charge is 2.09. The Balaban J connectivity index is 2.39. The van der Waals surface area contributed by atoms with Gasteiger partial charge < -0.3 is 14.2 Å². The number of hydrogen-bond acceptors (Lipinski definition) is 3. The first-order valence-electron chi connectivity index (χ1n) is 5.00. The zero-order valence-electron chi connectivity index (χ0n) is 9.47. The molecule has 3 nitrogen and oxygen atoms in total. The molecule has 0 N–H and O–H groups in total. The Morgan fingerprint density at radius 3 is 2.20 bits per heavy atom. The topological polar surface area (TPSA) is 27.7 Å². The second kappa shape index (κ2) is 6.56. The Labute approximate surface area is 91.0 Å². The van der Waals surface area contributed by atoms with E-state index in [4.69, 9.17) is 14.2 Å². The molecule has 84 valence electrons. The smallest absolute Gasteiger partial charge is 0.180 e. The molecule has 1 aromatic carbocycles. The second-order valence-corrected chi connectivity index (χ2v) is 3.29. The SMILES string of the molecule is COC(COC(C)c1ccccc1)OC. The molecule has 0 aromatic heterocycles. The van der Waals surface area contributed by atoms with Gasteiger partial charge in [0.15, 0.2) is 6.29 Å². The van der Waals surface area contributed by atoms with Crippen molar-refractivity contribution >= 4 is 0 Å². The van der Waals surface area contributed by atoms with E-state index in [2.05, 4.69) is 0 Å². The first kappa shape index (κ1) is 12.2. The van der Waals surface area contributed by atoms with Gasteiger partial charge in [-0.05, 0) is 12.5 Å². The van der Waals surface area contributed by atoms with Gasteiger partial charge in [0.1, 0.15) is 0 Å². The predicted octanol–water partition coefficient (Wildman–Crippen LogP) is 2.38. The number of benzene rings is 1. The van der Waals surface area contributed by atoms with E-state index in [1.807, 2.05) is 37.3 Å². The summed E-state index contributed by atoms with van der Waals surface area (Å²) >= 11 is 0. The number of hydrogen-bond donors (Lipinski definition) is 0. The molecule has 0 bridgehead atoms. The lowest BCUT2D eigenvalue weighted by atomic mass is 10.1. The van der Waals surface area contributed by atoms with Crippen LogP contribution in [0.15, 0.2) is 30.3 Å². The summed E-state index contributed by atoms with van der Waals surface area (Å²) in [7, 11) is 3.20. The molecule has 0 saturated carbocycles. The third-order valence-corrected chi connectivity index (χ3v) is 2.28. The molecule has 0 aliphatic carbocycles. The van der Waals surface area contributed by atoms with Crippen LogP contribution >= 0.6 is 0 Å². The molecule has 15 heavy (non-hydrogen) atoms. The van der Waals surface area contributed by atoms with E-state index >= 15 is 0 Å². The highest BCUT2D eigenvalue weighted by Crippen LogP contribution is 2.16. The van der Waals surface area contributed by atoms with Gasteiger partial charge in [-0.3, -0.25) is 0 Å². The molecule has 3 heteroatoms. The van der Waals surface area contributed by atoms with Crippen LogP contribution in [0.4, 0.5) is 0 Å². The van der Waals surface area contributed by atoms with E-state index in [0.717, 1.165) is 5.56 Å². The van der Waals surface area contributed by atoms with Crippen LogP contribution in [0.25, 0.3) is 0 Å². The fourth-order valence-corrected chi connectivity index (χ4v) is 1.28. The Hall–Kier alpha value is -0.900. The van der Waals surface area contributed by atoms with Crippen LogP contribution in [0.1, 0.15) is 18.6 Å². The van der Waals surface area contributed by atoms with Crippen LogP contribution in [-0.2, 0) is 14.2 Å². The van der Waals surface area contributed by atoms with Crippen molar-refractivity contribution in [1.82, 2.24) is 0 Å². The number of ether oxygens (including phenoxy) is 3. The highest BCUT2D eigenvalue weighted by atomic mass is 16.7. The van der Waals surface area contributed by atoms with Crippen LogP contribution in [0, 0.1) is 0 Å². The van der Waals surface area contributed by atoms with Crippen LogP contribution < -0.4 is 0 Å². The van der Waals surface area contributed by atoms with Crippen molar-refractivity contribution in [2.24, 2.45) is 0 Å². The van der Waals surface area contributed by atoms with Crippen molar-refractivity contribution in [2.45, 2.75) is 19.3 Å². The highest BCUT2D eigenvalue weighted by molar-refractivity contribution is 5.16. The predicted molar refractivity (Wildman–Crippen MR) is 58.6 cm³/mol. The first-order valence-corrected chi connectivity index (χ1v) is 5.00. The molecule has 0 aliphatic rings. The Morgan fingerprint density at radius 1 is 1.07 bits per heavy atom. The minimum Gasteiger partial charge on any atom is -0.369 e. The average molecular weight is 210 g/mol. The third-order valence-electron chi connectivity index (χ3n) is 2.28. The quantitative estimate of drug-likeness (QED) is 0.675. The molecular formula is C12H18O3. The van der Waals surface area contributed by atoms with Crippen molar-refractivity contribution in [3.8, 4) is 0 Å². The van der Waals surface area contributed by atoms with Gasteiger partial charge >= 0.3 is 0 Å². The van der Waals surface area contributed by atoms with Gasteiger partial charge in [0.2, 0.25) is 0 Å². The van der Waals surface area contributed by atoms with Crippen LogP contribution in [0.5, 0.6) is 0 Å². The first-order chi connectivity index (χ1) is 7.27. The van der Waals surface area contributed by atoms with Crippen molar-refractivity contribution in [3.63, 3.8) is 0 Å². The van der Waals surface area contributed by atoms with Gasteiger partial charge in [-0.1, -0.05) is 30.3 Å². The summed E-state index contributed by atoms with van der Waals surface area (Å²) in [4.78, 5) is 0. The lowest BCUT2D eigenvalue weighted by molar-refractivity contribution is -0.150. The largest absolute Gasteiger partial charge is 0.369 e. The number of rotatable bonds is 6. The molecule has 1 aromatic rings. The molecule has 0 heterocycles. The average Bonchev–Trinajstić information content (AvgIpc) is 2.31. The molecule has 1 atom stereocenters. The zero-order valence-corrected chi connectivity index (χ0v) is 9.47.